The van der Waals surface area contributed by atoms with Gasteiger partial charge in [0.1, 0.15) is 6.04 Å². The van der Waals surface area contributed by atoms with Gasteiger partial charge in [-0.05, 0) is 51.8 Å². The van der Waals surface area contributed by atoms with Crippen LogP contribution in [0, 0.1) is 13.8 Å². The monoisotopic (exact) mass is 473 g/mol. The van der Waals surface area contributed by atoms with E-state index in [-0.39, 0.29) is 29.9 Å². The van der Waals surface area contributed by atoms with Gasteiger partial charge in [0.05, 0.1) is 11.4 Å². The molecule has 0 saturated carbocycles. The Balaban J connectivity index is 2.27. The van der Waals surface area contributed by atoms with E-state index >= 15 is 0 Å². The number of likely N-dealkylation sites (N-methyl/N-ethyl adjacent to an activating group) is 1. The third kappa shape index (κ3) is 7.14. The van der Waals surface area contributed by atoms with Crippen LogP contribution in [-0.4, -0.2) is 55.1 Å². The van der Waals surface area contributed by atoms with E-state index in [4.69, 9.17) is 0 Å². The quantitative estimate of drug-likeness (QED) is 0.574. The number of amides is 2. The SMILES string of the molecule is CCC(C)NC(=O)C(C)N(Cc1cccc(C)c1)C(=O)CN(C)S(=O)(=O)c1ccc(C)cc1. The fraction of sp³-hybridized carbons (Fsp3) is 0.440. The van der Waals surface area contributed by atoms with Gasteiger partial charge in [0, 0.05) is 19.6 Å². The minimum absolute atomic E-state index is 0.0274. The summed E-state index contributed by atoms with van der Waals surface area (Å²) in [6, 6.07) is 13.4. The normalized spacial score (nSPS) is 13.4. The molecule has 0 spiro atoms. The van der Waals surface area contributed by atoms with Crippen molar-refractivity contribution < 1.29 is 18.0 Å². The topological polar surface area (TPSA) is 86.8 Å². The van der Waals surface area contributed by atoms with Gasteiger partial charge in [0.25, 0.3) is 0 Å². The Morgan fingerprint density at radius 1 is 1.00 bits per heavy atom. The number of aryl methyl sites for hydroxylation is 2. The predicted octanol–water partition coefficient (Wildman–Crippen LogP) is 3.26. The third-order valence-electron chi connectivity index (χ3n) is 5.69. The third-order valence-corrected chi connectivity index (χ3v) is 7.51. The molecule has 2 rings (SSSR count). The molecule has 8 heteroatoms. The van der Waals surface area contributed by atoms with Crippen LogP contribution < -0.4 is 5.32 Å². The number of carbonyl (C=O) groups excluding carboxylic acids is 2. The molecule has 2 amide bonds. The zero-order valence-corrected chi connectivity index (χ0v) is 21.1. The predicted molar refractivity (Wildman–Crippen MR) is 130 cm³/mol. The molecule has 1 N–H and O–H groups in total. The maximum Gasteiger partial charge on any atom is 0.243 e. The van der Waals surface area contributed by atoms with Gasteiger partial charge in [-0.25, -0.2) is 8.42 Å². The number of hydrogen-bond donors (Lipinski definition) is 1. The molecule has 0 fully saturated rings. The van der Waals surface area contributed by atoms with Crippen LogP contribution in [0.4, 0.5) is 0 Å². The van der Waals surface area contributed by atoms with E-state index in [0.717, 1.165) is 27.4 Å². The van der Waals surface area contributed by atoms with Crippen molar-refractivity contribution in [2.75, 3.05) is 13.6 Å². The molecular formula is C25H35N3O4S. The second kappa shape index (κ2) is 11.4. The Labute approximate surface area is 197 Å². The maximum atomic E-state index is 13.3. The lowest BCUT2D eigenvalue weighted by atomic mass is 10.1. The average Bonchev–Trinajstić information content (AvgIpc) is 2.77. The molecule has 33 heavy (non-hydrogen) atoms. The summed E-state index contributed by atoms with van der Waals surface area (Å²) in [6.07, 6.45) is 0.766. The average molecular weight is 474 g/mol. The lowest BCUT2D eigenvalue weighted by molar-refractivity contribution is -0.140. The molecule has 0 bridgehead atoms. The van der Waals surface area contributed by atoms with E-state index in [1.165, 1.54) is 24.1 Å². The smallest absolute Gasteiger partial charge is 0.243 e. The molecule has 0 heterocycles. The van der Waals surface area contributed by atoms with Crippen molar-refractivity contribution in [3.05, 3.63) is 65.2 Å². The van der Waals surface area contributed by atoms with Gasteiger partial charge >= 0.3 is 0 Å². The molecule has 2 unspecified atom stereocenters. The first-order valence-corrected chi connectivity index (χ1v) is 12.6. The van der Waals surface area contributed by atoms with Gasteiger partial charge in [-0.1, -0.05) is 54.4 Å². The van der Waals surface area contributed by atoms with Gasteiger partial charge < -0.3 is 10.2 Å². The van der Waals surface area contributed by atoms with Crippen LogP contribution in [0.15, 0.2) is 53.4 Å². The molecule has 0 aliphatic heterocycles. The first kappa shape index (κ1) is 26.5. The standard InChI is InChI=1S/C25H35N3O4S/c1-7-20(4)26-25(30)21(5)28(16-22-10-8-9-19(3)15-22)24(29)17-27(6)33(31,32)23-13-11-18(2)12-14-23/h8-15,20-21H,7,16-17H2,1-6H3,(H,26,30). The number of rotatable bonds is 10. The highest BCUT2D eigenvalue weighted by atomic mass is 32.2. The molecular weight excluding hydrogens is 438 g/mol. The van der Waals surface area contributed by atoms with Crippen molar-refractivity contribution >= 4 is 21.8 Å². The van der Waals surface area contributed by atoms with E-state index in [9.17, 15) is 18.0 Å². The lowest BCUT2D eigenvalue weighted by Gasteiger charge is -2.31. The van der Waals surface area contributed by atoms with Crippen LogP contribution in [0.3, 0.4) is 0 Å². The Hall–Kier alpha value is -2.71. The van der Waals surface area contributed by atoms with Gasteiger partial charge in [0.15, 0.2) is 0 Å². The minimum atomic E-state index is -3.85. The summed E-state index contributed by atoms with van der Waals surface area (Å²) < 4.78 is 27.0. The second-order valence-electron chi connectivity index (χ2n) is 8.58. The summed E-state index contributed by atoms with van der Waals surface area (Å²) in [7, 11) is -2.47. The van der Waals surface area contributed by atoms with Crippen LogP contribution in [-0.2, 0) is 26.2 Å². The van der Waals surface area contributed by atoms with Gasteiger partial charge in [-0.2, -0.15) is 4.31 Å². The second-order valence-corrected chi connectivity index (χ2v) is 10.6. The molecule has 7 nitrogen and oxygen atoms in total. The Bertz CT molecular complexity index is 1070. The lowest BCUT2D eigenvalue weighted by Crippen LogP contribution is -2.51. The van der Waals surface area contributed by atoms with E-state index in [0.29, 0.717) is 0 Å². The van der Waals surface area contributed by atoms with E-state index in [1.54, 1.807) is 19.1 Å². The summed E-state index contributed by atoms with van der Waals surface area (Å²) in [5.74, 6) is -0.712. The fourth-order valence-electron chi connectivity index (χ4n) is 3.31. The number of carbonyl (C=O) groups is 2. The first-order chi connectivity index (χ1) is 15.4. The molecule has 2 atom stereocenters. The number of nitrogens with one attached hydrogen (secondary N) is 1. The number of hydrogen-bond acceptors (Lipinski definition) is 4. The first-order valence-electron chi connectivity index (χ1n) is 11.1. The number of sulfonamides is 1. The molecule has 2 aromatic carbocycles. The van der Waals surface area contributed by atoms with Crippen LogP contribution >= 0.6 is 0 Å². The van der Waals surface area contributed by atoms with Crippen LogP contribution in [0.1, 0.15) is 43.9 Å². The van der Waals surface area contributed by atoms with E-state index < -0.39 is 22.0 Å². The zero-order chi connectivity index (χ0) is 24.8. The van der Waals surface area contributed by atoms with Crippen LogP contribution in [0.5, 0.6) is 0 Å². The Morgan fingerprint density at radius 2 is 1.64 bits per heavy atom. The van der Waals surface area contributed by atoms with Crippen molar-refractivity contribution in [2.24, 2.45) is 0 Å². The largest absolute Gasteiger partial charge is 0.352 e. The highest BCUT2D eigenvalue weighted by molar-refractivity contribution is 7.89. The number of nitrogens with zero attached hydrogens (tertiary/aromatic N) is 2. The minimum Gasteiger partial charge on any atom is -0.352 e. The molecule has 2 aromatic rings. The maximum absolute atomic E-state index is 13.3. The summed E-state index contributed by atoms with van der Waals surface area (Å²) in [4.78, 5) is 27.7. The van der Waals surface area contributed by atoms with Crippen molar-refractivity contribution in [1.82, 2.24) is 14.5 Å². The molecule has 0 aliphatic rings. The summed E-state index contributed by atoms with van der Waals surface area (Å²) in [6.45, 7) is 9.20. The van der Waals surface area contributed by atoms with Crippen LogP contribution in [0.25, 0.3) is 0 Å². The molecule has 0 radical (unpaired) electrons. The number of benzene rings is 2. The van der Waals surface area contributed by atoms with Gasteiger partial charge in [-0.3, -0.25) is 9.59 Å². The summed E-state index contributed by atoms with van der Waals surface area (Å²) >= 11 is 0. The van der Waals surface area contributed by atoms with Crippen molar-refractivity contribution in [3.63, 3.8) is 0 Å². The van der Waals surface area contributed by atoms with Gasteiger partial charge in [0.2, 0.25) is 21.8 Å². The van der Waals surface area contributed by atoms with E-state index in [2.05, 4.69) is 5.32 Å². The van der Waals surface area contributed by atoms with Crippen LogP contribution in [0.2, 0.25) is 0 Å². The van der Waals surface area contributed by atoms with Crippen molar-refractivity contribution in [3.8, 4) is 0 Å². The van der Waals surface area contributed by atoms with Crippen molar-refractivity contribution in [1.29, 1.82) is 0 Å². The highest BCUT2D eigenvalue weighted by Gasteiger charge is 2.30. The molecule has 0 saturated heterocycles. The zero-order valence-electron chi connectivity index (χ0n) is 20.3. The van der Waals surface area contributed by atoms with Crippen molar-refractivity contribution in [2.45, 2.75) is 64.6 Å². The van der Waals surface area contributed by atoms with Gasteiger partial charge in [-0.15, -0.1) is 0 Å². The molecule has 0 aromatic heterocycles. The summed E-state index contributed by atoms with van der Waals surface area (Å²) in [5, 5.41) is 2.91. The molecule has 180 valence electrons. The molecule has 0 aliphatic carbocycles. The fourth-order valence-corrected chi connectivity index (χ4v) is 4.43. The Kier molecular flexibility index (Phi) is 9.19. The summed E-state index contributed by atoms with van der Waals surface area (Å²) in [5.41, 5.74) is 2.85. The Morgan fingerprint density at radius 3 is 2.21 bits per heavy atom. The highest BCUT2D eigenvalue weighted by Crippen LogP contribution is 2.17. The van der Waals surface area contributed by atoms with E-state index in [1.807, 2.05) is 52.0 Å².